The van der Waals surface area contributed by atoms with Gasteiger partial charge in [0.25, 0.3) is 5.91 Å². The molecule has 21 heavy (non-hydrogen) atoms. The van der Waals surface area contributed by atoms with Gasteiger partial charge in [0, 0.05) is 23.8 Å². The first-order chi connectivity index (χ1) is 10.0. The fraction of sp³-hybridized carbons (Fsp3) is 0.375. The number of carbonyl (C=O) groups is 1. The van der Waals surface area contributed by atoms with E-state index in [2.05, 4.69) is 35.5 Å². The number of aryl methyl sites for hydroxylation is 1. The van der Waals surface area contributed by atoms with Gasteiger partial charge >= 0.3 is 0 Å². The SMILES string of the molecule is CNc1cc(C)ncc1C(=O)NC(c1cccs1)C(C)C. The molecule has 0 aliphatic carbocycles. The van der Waals surface area contributed by atoms with Crippen LogP contribution >= 0.6 is 11.3 Å². The number of thiophene rings is 1. The van der Waals surface area contributed by atoms with Crippen LogP contribution < -0.4 is 10.6 Å². The van der Waals surface area contributed by atoms with Crippen molar-refractivity contribution in [3.63, 3.8) is 0 Å². The number of carbonyl (C=O) groups excluding carboxylic acids is 1. The fourth-order valence-corrected chi connectivity index (χ4v) is 3.15. The molecule has 0 radical (unpaired) electrons. The van der Waals surface area contributed by atoms with Gasteiger partial charge in [0.05, 0.1) is 17.3 Å². The van der Waals surface area contributed by atoms with Gasteiger partial charge in [0.1, 0.15) is 0 Å². The number of aromatic nitrogens is 1. The first kappa shape index (κ1) is 15.5. The van der Waals surface area contributed by atoms with Crippen LogP contribution in [0, 0.1) is 12.8 Å². The normalized spacial score (nSPS) is 12.2. The van der Waals surface area contributed by atoms with E-state index in [1.54, 1.807) is 17.5 Å². The van der Waals surface area contributed by atoms with E-state index in [4.69, 9.17) is 0 Å². The van der Waals surface area contributed by atoms with Crippen molar-refractivity contribution in [2.45, 2.75) is 26.8 Å². The van der Waals surface area contributed by atoms with Gasteiger partial charge in [-0.3, -0.25) is 9.78 Å². The Balaban J connectivity index is 2.24. The maximum atomic E-state index is 12.6. The lowest BCUT2D eigenvalue weighted by Gasteiger charge is -2.22. The molecule has 0 aliphatic rings. The molecule has 2 heterocycles. The quantitative estimate of drug-likeness (QED) is 0.887. The van der Waals surface area contributed by atoms with Gasteiger partial charge in [-0.1, -0.05) is 19.9 Å². The second kappa shape index (κ2) is 6.72. The molecule has 0 aliphatic heterocycles. The van der Waals surface area contributed by atoms with Crippen molar-refractivity contribution in [1.29, 1.82) is 0 Å². The van der Waals surface area contributed by atoms with Gasteiger partial charge in [-0.2, -0.15) is 0 Å². The van der Waals surface area contributed by atoms with E-state index in [1.807, 2.05) is 31.5 Å². The van der Waals surface area contributed by atoms with E-state index in [-0.39, 0.29) is 11.9 Å². The number of hydrogen-bond donors (Lipinski definition) is 2. The molecule has 2 aromatic heterocycles. The summed E-state index contributed by atoms with van der Waals surface area (Å²) in [5.74, 6) is 0.225. The maximum Gasteiger partial charge on any atom is 0.255 e. The average molecular weight is 303 g/mol. The predicted octanol–water partition coefficient (Wildman–Crippen LogP) is 3.62. The smallest absolute Gasteiger partial charge is 0.255 e. The second-order valence-electron chi connectivity index (χ2n) is 5.33. The number of anilines is 1. The highest BCUT2D eigenvalue weighted by Crippen LogP contribution is 2.26. The lowest BCUT2D eigenvalue weighted by molar-refractivity contribution is 0.0927. The van der Waals surface area contributed by atoms with Gasteiger partial charge in [0.15, 0.2) is 0 Å². The molecule has 112 valence electrons. The van der Waals surface area contributed by atoms with Gasteiger partial charge < -0.3 is 10.6 Å². The standard InChI is InChI=1S/C16H21N3OS/c1-10(2)15(14-6-5-7-21-14)19-16(20)12-9-18-11(3)8-13(12)17-4/h5-10,15H,1-4H3,(H,17,18)(H,19,20). The topological polar surface area (TPSA) is 54.0 Å². The fourth-order valence-electron chi connectivity index (χ4n) is 2.20. The summed E-state index contributed by atoms with van der Waals surface area (Å²) in [6.45, 7) is 6.12. The highest BCUT2D eigenvalue weighted by atomic mass is 32.1. The molecule has 2 rings (SSSR count). The third-order valence-corrected chi connectivity index (χ3v) is 4.31. The number of nitrogens with zero attached hydrogens (tertiary/aromatic N) is 1. The Bertz CT molecular complexity index is 608. The average Bonchev–Trinajstić information content (AvgIpc) is 2.97. The van der Waals surface area contributed by atoms with Crippen molar-refractivity contribution < 1.29 is 4.79 Å². The van der Waals surface area contributed by atoms with Crippen LogP contribution in [-0.2, 0) is 0 Å². The number of pyridine rings is 1. The van der Waals surface area contributed by atoms with Crippen LogP contribution in [0.1, 0.15) is 40.8 Å². The molecule has 1 unspecified atom stereocenters. The van der Waals surface area contributed by atoms with Crippen molar-refractivity contribution in [2.24, 2.45) is 5.92 Å². The molecule has 0 aromatic carbocycles. The first-order valence-corrected chi connectivity index (χ1v) is 7.89. The second-order valence-corrected chi connectivity index (χ2v) is 6.31. The molecule has 0 saturated carbocycles. The van der Waals surface area contributed by atoms with Gasteiger partial charge in [-0.25, -0.2) is 0 Å². The molecule has 1 amide bonds. The Morgan fingerprint density at radius 3 is 2.71 bits per heavy atom. The van der Waals surface area contributed by atoms with Crippen LogP contribution in [0.2, 0.25) is 0 Å². The van der Waals surface area contributed by atoms with Crippen LogP contribution in [0.5, 0.6) is 0 Å². The number of amides is 1. The van der Waals surface area contributed by atoms with Crippen molar-refractivity contribution in [3.8, 4) is 0 Å². The van der Waals surface area contributed by atoms with Crippen LogP contribution in [0.4, 0.5) is 5.69 Å². The Hall–Kier alpha value is -1.88. The maximum absolute atomic E-state index is 12.6. The highest BCUT2D eigenvalue weighted by Gasteiger charge is 2.21. The lowest BCUT2D eigenvalue weighted by Crippen LogP contribution is -2.31. The summed E-state index contributed by atoms with van der Waals surface area (Å²) in [5, 5.41) is 8.21. The van der Waals surface area contributed by atoms with Crippen LogP contribution in [-0.4, -0.2) is 17.9 Å². The lowest BCUT2D eigenvalue weighted by atomic mass is 10.0. The van der Waals surface area contributed by atoms with E-state index in [9.17, 15) is 4.79 Å². The molecule has 0 spiro atoms. The third kappa shape index (κ3) is 3.61. The molecular formula is C16H21N3OS. The minimum absolute atomic E-state index is 0.0171. The summed E-state index contributed by atoms with van der Waals surface area (Å²) in [6, 6.07) is 5.96. The van der Waals surface area contributed by atoms with Crippen LogP contribution in [0.3, 0.4) is 0 Å². The Morgan fingerprint density at radius 1 is 1.38 bits per heavy atom. The van der Waals surface area contributed by atoms with E-state index >= 15 is 0 Å². The van der Waals surface area contributed by atoms with Crippen molar-refractivity contribution in [3.05, 3.63) is 45.9 Å². The molecular weight excluding hydrogens is 282 g/mol. The molecule has 2 N–H and O–H groups in total. The largest absolute Gasteiger partial charge is 0.387 e. The van der Waals surface area contributed by atoms with Crippen molar-refractivity contribution in [2.75, 3.05) is 12.4 Å². The van der Waals surface area contributed by atoms with Gasteiger partial charge in [-0.15, -0.1) is 11.3 Å². The van der Waals surface area contributed by atoms with Crippen LogP contribution in [0.25, 0.3) is 0 Å². The van der Waals surface area contributed by atoms with Crippen molar-refractivity contribution >= 4 is 22.9 Å². The molecule has 0 saturated heterocycles. The van der Waals surface area contributed by atoms with Gasteiger partial charge in [0.2, 0.25) is 0 Å². The minimum atomic E-state index is -0.0982. The summed E-state index contributed by atoms with van der Waals surface area (Å²) < 4.78 is 0. The number of nitrogens with one attached hydrogen (secondary N) is 2. The number of hydrogen-bond acceptors (Lipinski definition) is 4. The minimum Gasteiger partial charge on any atom is -0.387 e. The number of rotatable bonds is 5. The monoisotopic (exact) mass is 303 g/mol. The Kier molecular flexibility index (Phi) is 4.96. The Labute approximate surface area is 129 Å². The predicted molar refractivity (Wildman–Crippen MR) is 87.9 cm³/mol. The van der Waals surface area contributed by atoms with Crippen LogP contribution in [0.15, 0.2) is 29.8 Å². The van der Waals surface area contributed by atoms with E-state index in [0.717, 1.165) is 11.4 Å². The summed E-state index contributed by atoms with van der Waals surface area (Å²) in [7, 11) is 1.81. The zero-order valence-corrected chi connectivity index (χ0v) is 13.6. The van der Waals surface area contributed by atoms with E-state index in [0.29, 0.717) is 11.5 Å². The summed E-state index contributed by atoms with van der Waals surface area (Å²) in [4.78, 5) is 18.0. The summed E-state index contributed by atoms with van der Waals surface area (Å²) in [6.07, 6.45) is 1.63. The van der Waals surface area contributed by atoms with E-state index in [1.165, 1.54) is 4.88 Å². The molecule has 4 nitrogen and oxygen atoms in total. The van der Waals surface area contributed by atoms with Crippen molar-refractivity contribution in [1.82, 2.24) is 10.3 Å². The zero-order valence-electron chi connectivity index (χ0n) is 12.8. The molecule has 0 fully saturated rings. The highest BCUT2D eigenvalue weighted by molar-refractivity contribution is 7.10. The molecule has 2 aromatic rings. The molecule has 1 atom stereocenters. The van der Waals surface area contributed by atoms with E-state index < -0.39 is 0 Å². The molecule has 5 heteroatoms. The van der Waals surface area contributed by atoms with Gasteiger partial charge in [-0.05, 0) is 30.4 Å². The summed E-state index contributed by atoms with van der Waals surface area (Å²) in [5.41, 5.74) is 2.26. The first-order valence-electron chi connectivity index (χ1n) is 7.01. The molecule has 0 bridgehead atoms. The Morgan fingerprint density at radius 2 is 2.14 bits per heavy atom. The zero-order chi connectivity index (χ0) is 15.4. The summed E-state index contributed by atoms with van der Waals surface area (Å²) >= 11 is 1.66. The third-order valence-electron chi connectivity index (χ3n) is 3.36.